The quantitative estimate of drug-likeness (QED) is 0.476. The Bertz CT molecular complexity index is 966. The molecule has 0 aromatic carbocycles. The summed E-state index contributed by atoms with van der Waals surface area (Å²) in [6.07, 6.45) is 13.0. The van der Waals surface area contributed by atoms with Gasteiger partial charge < -0.3 is 9.74 Å². The van der Waals surface area contributed by atoms with Gasteiger partial charge in [0, 0.05) is 24.6 Å². The number of oxime groups is 1. The number of hydrogen-bond acceptors (Lipinski definition) is 6. The molecule has 3 saturated carbocycles. The van der Waals surface area contributed by atoms with Gasteiger partial charge in [-0.1, -0.05) is 29.8 Å². The maximum Gasteiger partial charge on any atom is 0.139 e. The molecule has 33 heavy (non-hydrogen) atoms. The van der Waals surface area contributed by atoms with Crippen molar-refractivity contribution in [1.82, 2.24) is 19.9 Å². The fourth-order valence-electron chi connectivity index (χ4n) is 7.52. The minimum Gasteiger partial charge on any atom is -0.394 e. The highest BCUT2D eigenvalue weighted by atomic mass is 16.6. The first-order chi connectivity index (χ1) is 15.8. The molecular formula is C26H39N5O2. The fourth-order valence-corrected chi connectivity index (χ4v) is 7.52. The molecule has 1 heterocycles. The second kappa shape index (κ2) is 8.64. The van der Waals surface area contributed by atoms with E-state index in [9.17, 15) is 4.79 Å². The van der Waals surface area contributed by atoms with Crippen molar-refractivity contribution >= 4 is 11.5 Å². The van der Waals surface area contributed by atoms with Crippen LogP contribution >= 0.6 is 0 Å². The SMILES string of the molecule is CN(C)Cc1cn(CCO/N=C2\C=C3CCC4C(CC[C@]5(C)C(=O)CCC45)[C@@]3(C)CC2)nn1. The highest BCUT2D eigenvalue weighted by molar-refractivity contribution is 5.96. The summed E-state index contributed by atoms with van der Waals surface area (Å²) < 4.78 is 1.82. The molecule has 3 fully saturated rings. The van der Waals surface area contributed by atoms with Crippen LogP contribution in [0.2, 0.25) is 0 Å². The van der Waals surface area contributed by atoms with Gasteiger partial charge in [-0.15, -0.1) is 5.10 Å². The molecule has 1 aromatic rings. The number of rotatable bonds is 6. The number of ketones is 1. The molecule has 5 atom stereocenters. The number of carbonyl (C=O) groups excluding carboxylic acids is 1. The minimum atomic E-state index is -0.0365. The van der Waals surface area contributed by atoms with Gasteiger partial charge in [0.25, 0.3) is 0 Å². The summed E-state index contributed by atoms with van der Waals surface area (Å²) in [4.78, 5) is 20.4. The van der Waals surface area contributed by atoms with Crippen LogP contribution in [0.4, 0.5) is 0 Å². The molecule has 7 nitrogen and oxygen atoms in total. The van der Waals surface area contributed by atoms with Crippen molar-refractivity contribution in [2.75, 3.05) is 20.7 Å². The number of hydrogen-bond donors (Lipinski definition) is 0. The predicted molar refractivity (Wildman–Crippen MR) is 128 cm³/mol. The molecule has 0 spiro atoms. The van der Waals surface area contributed by atoms with Gasteiger partial charge in [-0.25, -0.2) is 4.68 Å². The molecule has 0 bridgehead atoms. The Hall–Kier alpha value is -2.02. The number of carbonyl (C=O) groups is 1. The summed E-state index contributed by atoms with van der Waals surface area (Å²) in [5, 5.41) is 12.8. The first-order valence-electron chi connectivity index (χ1n) is 12.8. The lowest BCUT2D eigenvalue weighted by molar-refractivity contribution is -0.132. The summed E-state index contributed by atoms with van der Waals surface area (Å²) >= 11 is 0. The van der Waals surface area contributed by atoms with Gasteiger partial charge >= 0.3 is 0 Å². The third-order valence-electron chi connectivity index (χ3n) is 9.34. The molecule has 0 amide bonds. The van der Waals surface area contributed by atoms with Gasteiger partial charge in [0.15, 0.2) is 0 Å². The molecule has 0 aliphatic heterocycles. The Morgan fingerprint density at radius 1 is 1.12 bits per heavy atom. The van der Waals surface area contributed by atoms with E-state index in [0.29, 0.717) is 36.7 Å². The molecule has 7 heteroatoms. The number of fused-ring (bicyclic) bond motifs is 5. The van der Waals surface area contributed by atoms with E-state index in [4.69, 9.17) is 4.84 Å². The van der Waals surface area contributed by atoms with Crippen LogP contribution in [0.3, 0.4) is 0 Å². The zero-order valence-corrected chi connectivity index (χ0v) is 20.7. The van der Waals surface area contributed by atoms with Crippen molar-refractivity contribution in [3.05, 3.63) is 23.5 Å². The molecule has 3 unspecified atom stereocenters. The Morgan fingerprint density at radius 2 is 1.94 bits per heavy atom. The van der Waals surface area contributed by atoms with Gasteiger partial charge in [0.2, 0.25) is 0 Å². The molecule has 0 radical (unpaired) electrons. The summed E-state index contributed by atoms with van der Waals surface area (Å²) in [5.41, 5.74) is 3.83. The average molecular weight is 454 g/mol. The zero-order chi connectivity index (χ0) is 23.2. The first kappa shape index (κ1) is 22.8. The van der Waals surface area contributed by atoms with Crippen LogP contribution < -0.4 is 0 Å². The summed E-state index contributed by atoms with van der Waals surface area (Å²) in [6, 6.07) is 0. The molecule has 5 rings (SSSR count). The maximum absolute atomic E-state index is 12.6. The van der Waals surface area contributed by atoms with Crippen molar-refractivity contribution in [2.45, 2.75) is 78.3 Å². The lowest BCUT2D eigenvalue weighted by Gasteiger charge is -2.57. The molecule has 180 valence electrons. The van der Waals surface area contributed by atoms with Crippen LogP contribution in [0, 0.1) is 28.6 Å². The van der Waals surface area contributed by atoms with Gasteiger partial charge in [-0.05, 0) is 88.3 Å². The first-order valence-corrected chi connectivity index (χ1v) is 12.8. The number of allylic oxidation sites excluding steroid dienone is 2. The molecule has 0 saturated heterocycles. The standard InChI is InChI=1S/C26H39N5O2/c1-25-11-9-19(28-33-14-13-31-17-20(27-29-31)16-30(3)4)15-18(25)5-6-21-22-7-8-24(32)26(22,2)12-10-23(21)25/h15,17,21-23H,5-14,16H2,1-4H3/b28-19-/t21?,22?,23?,25-,26-/m0/s1. The van der Waals surface area contributed by atoms with E-state index < -0.39 is 0 Å². The highest BCUT2D eigenvalue weighted by Gasteiger charge is 2.58. The van der Waals surface area contributed by atoms with Crippen LogP contribution in [0.25, 0.3) is 0 Å². The third-order valence-corrected chi connectivity index (χ3v) is 9.34. The van der Waals surface area contributed by atoms with E-state index in [-0.39, 0.29) is 10.8 Å². The second-order valence-corrected chi connectivity index (χ2v) is 11.5. The smallest absolute Gasteiger partial charge is 0.139 e. The number of Topliss-reactive ketones (excluding diaryl/α,β-unsaturated/α-hetero) is 1. The Labute approximate surface area is 197 Å². The van der Waals surface area contributed by atoms with Crippen molar-refractivity contribution in [3.63, 3.8) is 0 Å². The Balaban J connectivity index is 1.20. The van der Waals surface area contributed by atoms with Gasteiger partial charge in [0.1, 0.15) is 12.4 Å². The van der Waals surface area contributed by atoms with E-state index in [1.54, 1.807) is 5.57 Å². The number of nitrogens with zero attached hydrogens (tertiary/aromatic N) is 5. The molecule has 1 aromatic heterocycles. The largest absolute Gasteiger partial charge is 0.394 e. The van der Waals surface area contributed by atoms with Gasteiger partial charge in [0.05, 0.1) is 18.0 Å². The predicted octanol–water partition coefficient (Wildman–Crippen LogP) is 4.24. The van der Waals surface area contributed by atoms with E-state index in [0.717, 1.165) is 56.5 Å². The van der Waals surface area contributed by atoms with Gasteiger partial charge in [-0.2, -0.15) is 0 Å². The molecular weight excluding hydrogens is 414 g/mol. The van der Waals surface area contributed by atoms with E-state index in [1.807, 2.05) is 25.0 Å². The van der Waals surface area contributed by atoms with Crippen molar-refractivity contribution in [1.29, 1.82) is 0 Å². The van der Waals surface area contributed by atoms with Crippen molar-refractivity contribution in [2.24, 2.45) is 33.7 Å². The molecule has 4 aliphatic rings. The van der Waals surface area contributed by atoms with E-state index in [2.05, 4.69) is 40.3 Å². The van der Waals surface area contributed by atoms with Crippen LogP contribution in [0.1, 0.15) is 70.9 Å². The van der Waals surface area contributed by atoms with E-state index in [1.165, 1.54) is 12.8 Å². The average Bonchev–Trinajstić information content (AvgIpc) is 3.34. The fraction of sp³-hybridized carbons (Fsp3) is 0.769. The monoisotopic (exact) mass is 453 g/mol. The summed E-state index contributed by atoms with van der Waals surface area (Å²) in [7, 11) is 4.05. The maximum atomic E-state index is 12.6. The zero-order valence-electron chi connectivity index (χ0n) is 20.7. The van der Waals surface area contributed by atoms with Gasteiger partial charge in [-0.3, -0.25) is 4.79 Å². The lowest BCUT2D eigenvalue weighted by atomic mass is 9.47. The van der Waals surface area contributed by atoms with Crippen LogP contribution in [0.5, 0.6) is 0 Å². The summed E-state index contributed by atoms with van der Waals surface area (Å²) in [5.74, 6) is 2.57. The third kappa shape index (κ3) is 4.07. The normalized spacial score (nSPS) is 37.0. The number of aromatic nitrogens is 3. The van der Waals surface area contributed by atoms with E-state index >= 15 is 0 Å². The van der Waals surface area contributed by atoms with Crippen molar-refractivity contribution < 1.29 is 9.63 Å². The molecule has 4 aliphatic carbocycles. The van der Waals surface area contributed by atoms with Crippen LogP contribution in [-0.4, -0.2) is 52.1 Å². The van der Waals surface area contributed by atoms with Crippen LogP contribution in [-0.2, 0) is 22.7 Å². The summed E-state index contributed by atoms with van der Waals surface area (Å²) in [6.45, 7) is 6.68. The topological polar surface area (TPSA) is 72.6 Å². The van der Waals surface area contributed by atoms with Crippen LogP contribution in [0.15, 0.2) is 23.0 Å². The minimum absolute atomic E-state index is 0.0365. The Kier molecular flexibility index (Phi) is 5.96. The lowest BCUT2D eigenvalue weighted by Crippen LogP contribution is -2.50. The van der Waals surface area contributed by atoms with Crippen molar-refractivity contribution in [3.8, 4) is 0 Å². The Morgan fingerprint density at radius 3 is 2.76 bits per heavy atom. The second-order valence-electron chi connectivity index (χ2n) is 11.5. The molecule has 0 N–H and O–H groups in total. The highest BCUT2D eigenvalue weighted by Crippen LogP contribution is 2.64.